The lowest BCUT2D eigenvalue weighted by Gasteiger charge is -2.41. The van der Waals surface area contributed by atoms with Crippen molar-refractivity contribution >= 4 is 45.0 Å². The number of carbonyl (C=O) groups excluding carboxylic acids is 1. The molecule has 3 heterocycles. The average molecular weight is 555 g/mol. The highest BCUT2D eigenvalue weighted by atomic mass is 35.5. The maximum atomic E-state index is 16.1. The Balaban J connectivity index is 1.68. The number of nitrogens with zero attached hydrogens (tertiary/aromatic N) is 6. The van der Waals surface area contributed by atoms with E-state index in [0.29, 0.717) is 5.39 Å². The number of pyridine rings is 1. The summed E-state index contributed by atoms with van der Waals surface area (Å²) in [5.74, 6) is -2.96. The van der Waals surface area contributed by atoms with E-state index in [9.17, 15) is 23.2 Å². The molecule has 1 amide bonds. The summed E-state index contributed by atoms with van der Waals surface area (Å²) in [7, 11) is 0. The molecule has 4 aromatic rings. The number of halogens is 5. The Morgan fingerprint density at radius 3 is 2.74 bits per heavy atom. The predicted molar refractivity (Wildman–Crippen MR) is 138 cm³/mol. The second-order valence-electron chi connectivity index (χ2n) is 8.85. The molecule has 12 heteroatoms. The van der Waals surface area contributed by atoms with Crippen LogP contribution in [0.2, 0.25) is 5.02 Å². The molecule has 39 heavy (non-hydrogen) atoms. The SMILES string of the molecule is C=CC(=O)N1CCN(c2nc(C(F)F)nc3c(F)c(-c4cccc5ccc(F)c(Cl)c45)ncc23)C[C@@H]1CC#N. The minimum Gasteiger partial charge on any atom is -0.352 e. The fourth-order valence-electron chi connectivity index (χ4n) is 4.83. The molecule has 198 valence electrons. The number of hydrogen-bond donors (Lipinski definition) is 0. The normalized spacial score (nSPS) is 15.7. The molecule has 0 saturated carbocycles. The zero-order chi connectivity index (χ0) is 27.8. The largest absolute Gasteiger partial charge is 0.352 e. The van der Waals surface area contributed by atoms with E-state index in [1.807, 2.05) is 6.07 Å². The Kier molecular flexibility index (Phi) is 7.06. The van der Waals surface area contributed by atoms with Crippen molar-refractivity contribution < 1.29 is 22.4 Å². The van der Waals surface area contributed by atoms with E-state index >= 15 is 4.39 Å². The Bertz CT molecular complexity index is 1670. The van der Waals surface area contributed by atoms with E-state index in [4.69, 9.17) is 11.6 Å². The van der Waals surface area contributed by atoms with Crippen molar-refractivity contribution in [3.8, 4) is 17.3 Å². The van der Waals surface area contributed by atoms with Crippen LogP contribution < -0.4 is 4.90 Å². The summed E-state index contributed by atoms with van der Waals surface area (Å²) < 4.78 is 58.1. The highest BCUT2D eigenvalue weighted by Crippen LogP contribution is 2.38. The van der Waals surface area contributed by atoms with Crippen molar-refractivity contribution in [2.24, 2.45) is 0 Å². The summed E-state index contributed by atoms with van der Waals surface area (Å²) >= 11 is 6.22. The van der Waals surface area contributed by atoms with Gasteiger partial charge in [-0.3, -0.25) is 9.78 Å². The number of aromatic nitrogens is 3. The standard InChI is InChI=1S/C27H19ClF4N6O/c1-2-19(39)38-11-10-37(13-15(38)8-9-33)27-17-12-34-23(22(30)24(17)35-26(36-27)25(31)32)16-5-3-4-14-6-7-18(29)21(28)20(14)16/h2-7,12,15,25H,1,8,10-11,13H2/t15-/m0/s1. The van der Waals surface area contributed by atoms with Gasteiger partial charge in [0.05, 0.1) is 28.9 Å². The minimum absolute atomic E-state index is 0.00360. The van der Waals surface area contributed by atoms with Gasteiger partial charge in [-0.1, -0.05) is 42.4 Å². The number of alkyl halides is 2. The molecule has 0 unspecified atom stereocenters. The molecule has 7 nitrogen and oxygen atoms in total. The summed E-state index contributed by atoms with van der Waals surface area (Å²) in [6, 6.07) is 8.93. The van der Waals surface area contributed by atoms with E-state index in [1.54, 1.807) is 17.0 Å². The third-order valence-corrected chi connectivity index (χ3v) is 7.00. The third-order valence-electron chi connectivity index (χ3n) is 6.63. The van der Waals surface area contributed by atoms with Gasteiger partial charge in [-0.05, 0) is 17.5 Å². The molecule has 2 aromatic heterocycles. The Labute approximate surface area is 225 Å². The average Bonchev–Trinajstić information content (AvgIpc) is 2.94. The number of anilines is 1. The van der Waals surface area contributed by atoms with Gasteiger partial charge in [-0.2, -0.15) is 5.26 Å². The van der Waals surface area contributed by atoms with Gasteiger partial charge in [0, 0.05) is 36.8 Å². The van der Waals surface area contributed by atoms with E-state index in [1.165, 1.54) is 29.3 Å². The maximum Gasteiger partial charge on any atom is 0.297 e. The van der Waals surface area contributed by atoms with Gasteiger partial charge in [0.25, 0.3) is 6.43 Å². The number of benzene rings is 2. The molecule has 0 N–H and O–H groups in total. The topological polar surface area (TPSA) is 86.0 Å². The summed E-state index contributed by atoms with van der Waals surface area (Å²) in [5, 5.41) is 9.87. The van der Waals surface area contributed by atoms with Gasteiger partial charge in [-0.25, -0.2) is 27.5 Å². The zero-order valence-electron chi connectivity index (χ0n) is 20.2. The number of piperazine rings is 1. The highest BCUT2D eigenvalue weighted by Gasteiger charge is 2.32. The monoisotopic (exact) mass is 554 g/mol. The summed E-state index contributed by atoms with van der Waals surface area (Å²) in [5.41, 5.74) is -0.471. The second-order valence-corrected chi connectivity index (χ2v) is 9.23. The molecule has 1 aliphatic rings. The first-order chi connectivity index (χ1) is 18.7. The van der Waals surface area contributed by atoms with Crippen molar-refractivity contribution in [3.05, 3.63) is 71.7 Å². The fourth-order valence-corrected chi connectivity index (χ4v) is 5.10. The van der Waals surface area contributed by atoms with Crippen molar-refractivity contribution in [1.82, 2.24) is 19.9 Å². The fraction of sp³-hybridized carbons (Fsp3) is 0.222. The molecule has 0 spiro atoms. The van der Waals surface area contributed by atoms with Crippen LogP contribution >= 0.6 is 11.6 Å². The molecule has 5 rings (SSSR count). The molecule has 0 bridgehead atoms. The summed E-state index contributed by atoms with van der Waals surface area (Å²) in [6.45, 7) is 3.91. The Morgan fingerprint density at radius 1 is 1.23 bits per heavy atom. The van der Waals surface area contributed by atoms with E-state index in [-0.39, 0.29) is 64.8 Å². The molecule has 1 saturated heterocycles. The Morgan fingerprint density at radius 2 is 2.03 bits per heavy atom. The van der Waals surface area contributed by atoms with Gasteiger partial charge in [0.15, 0.2) is 11.6 Å². The first-order valence-electron chi connectivity index (χ1n) is 11.8. The van der Waals surface area contributed by atoms with Crippen LogP contribution in [0.3, 0.4) is 0 Å². The lowest BCUT2D eigenvalue weighted by molar-refractivity contribution is -0.128. The number of nitriles is 1. The lowest BCUT2D eigenvalue weighted by Crippen LogP contribution is -2.55. The highest BCUT2D eigenvalue weighted by molar-refractivity contribution is 6.36. The lowest BCUT2D eigenvalue weighted by atomic mass is 10.0. The van der Waals surface area contributed by atoms with Gasteiger partial charge in [-0.15, -0.1) is 0 Å². The minimum atomic E-state index is -3.11. The van der Waals surface area contributed by atoms with Crippen LogP contribution in [0.15, 0.2) is 49.2 Å². The van der Waals surface area contributed by atoms with E-state index in [2.05, 4.69) is 21.5 Å². The quantitative estimate of drug-likeness (QED) is 0.228. The molecule has 0 radical (unpaired) electrons. The van der Waals surface area contributed by atoms with Gasteiger partial charge >= 0.3 is 0 Å². The number of rotatable bonds is 5. The second kappa shape index (κ2) is 10.5. The molecule has 1 aliphatic heterocycles. The number of fused-ring (bicyclic) bond motifs is 2. The molecule has 1 atom stereocenters. The van der Waals surface area contributed by atoms with Crippen LogP contribution in [0, 0.1) is 23.0 Å². The molecule has 1 fully saturated rings. The smallest absolute Gasteiger partial charge is 0.297 e. The molecule has 2 aromatic carbocycles. The van der Waals surface area contributed by atoms with Crippen LogP contribution in [0.5, 0.6) is 0 Å². The Hall–Kier alpha value is -4.30. The van der Waals surface area contributed by atoms with Gasteiger partial charge < -0.3 is 9.80 Å². The van der Waals surface area contributed by atoms with Crippen molar-refractivity contribution in [2.75, 3.05) is 24.5 Å². The number of hydrogen-bond acceptors (Lipinski definition) is 6. The molecule has 0 aliphatic carbocycles. The van der Waals surface area contributed by atoms with Crippen LogP contribution in [0.1, 0.15) is 18.7 Å². The van der Waals surface area contributed by atoms with E-state index in [0.717, 1.165) is 6.08 Å². The number of carbonyl (C=O) groups is 1. The van der Waals surface area contributed by atoms with Crippen molar-refractivity contribution in [2.45, 2.75) is 18.9 Å². The third kappa shape index (κ3) is 4.61. The zero-order valence-corrected chi connectivity index (χ0v) is 21.0. The van der Waals surface area contributed by atoms with Crippen LogP contribution in [-0.2, 0) is 4.79 Å². The maximum absolute atomic E-state index is 16.1. The summed E-state index contributed by atoms with van der Waals surface area (Å²) in [6.07, 6.45) is -0.717. The van der Waals surface area contributed by atoms with Crippen LogP contribution in [0.25, 0.3) is 32.9 Å². The van der Waals surface area contributed by atoms with Crippen LogP contribution in [0.4, 0.5) is 23.4 Å². The summed E-state index contributed by atoms with van der Waals surface area (Å²) in [4.78, 5) is 27.4. The molecular formula is C27H19ClF4N6O. The van der Waals surface area contributed by atoms with Crippen molar-refractivity contribution in [1.29, 1.82) is 5.26 Å². The number of amides is 1. The van der Waals surface area contributed by atoms with Gasteiger partial charge in [0.1, 0.15) is 22.8 Å². The first kappa shape index (κ1) is 26.3. The van der Waals surface area contributed by atoms with E-state index < -0.39 is 35.4 Å². The molecular weight excluding hydrogens is 536 g/mol. The van der Waals surface area contributed by atoms with Gasteiger partial charge in [0.2, 0.25) is 5.91 Å². The first-order valence-corrected chi connectivity index (χ1v) is 12.2. The van der Waals surface area contributed by atoms with Crippen molar-refractivity contribution in [3.63, 3.8) is 0 Å². The predicted octanol–water partition coefficient (Wildman–Crippen LogP) is 5.83. The van der Waals surface area contributed by atoms with Crippen LogP contribution in [-0.4, -0.2) is 51.4 Å².